The molecule has 0 saturated heterocycles. The highest BCUT2D eigenvalue weighted by molar-refractivity contribution is 6.31. The summed E-state index contributed by atoms with van der Waals surface area (Å²) in [6.07, 6.45) is 1.38. The minimum absolute atomic E-state index is 0.327. The zero-order valence-corrected chi connectivity index (χ0v) is 11.9. The number of benzene rings is 1. The van der Waals surface area contributed by atoms with Crippen LogP contribution in [0.1, 0.15) is 5.56 Å². The molecule has 20 heavy (non-hydrogen) atoms. The number of nitrogen functional groups attached to an aromatic ring is 1. The van der Waals surface area contributed by atoms with Crippen molar-refractivity contribution in [3.05, 3.63) is 35.1 Å². The third kappa shape index (κ3) is 2.85. The molecule has 0 atom stereocenters. The molecule has 6 nitrogen and oxygen atoms in total. The highest BCUT2D eigenvalue weighted by atomic mass is 35.5. The Morgan fingerprint density at radius 3 is 2.75 bits per heavy atom. The largest absolute Gasteiger partial charge is 0.496 e. The number of halogens is 1. The lowest BCUT2D eigenvalue weighted by Gasteiger charge is -2.13. The molecule has 0 bridgehead atoms. The highest BCUT2D eigenvalue weighted by Gasteiger charge is 2.11. The molecule has 1 heterocycles. The number of methoxy groups -OCH3 is 2. The van der Waals surface area contributed by atoms with E-state index in [9.17, 15) is 0 Å². The van der Waals surface area contributed by atoms with E-state index >= 15 is 0 Å². The van der Waals surface area contributed by atoms with Gasteiger partial charge in [0.05, 0.1) is 14.2 Å². The van der Waals surface area contributed by atoms with Crippen LogP contribution in [0.4, 0.5) is 11.5 Å². The molecule has 2 rings (SSSR count). The molecule has 0 aliphatic rings. The van der Waals surface area contributed by atoms with Gasteiger partial charge in [0, 0.05) is 17.1 Å². The lowest BCUT2D eigenvalue weighted by atomic mass is 10.2. The third-order valence-electron chi connectivity index (χ3n) is 2.77. The summed E-state index contributed by atoms with van der Waals surface area (Å²) in [6, 6.07) is 5.46. The second-order valence-electron chi connectivity index (χ2n) is 3.92. The van der Waals surface area contributed by atoms with Crippen molar-refractivity contribution in [3.63, 3.8) is 0 Å². The fourth-order valence-corrected chi connectivity index (χ4v) is 1.99. The summed E-state index contributed by atoms with van der Waals surface area (Å²) in [5.74, 6) is 1.51. The fraction of sp³-hybridized carbons (Fsp3) is 0.231. The minimum Gasteiger partial charge on any atom is -0.496 e. The zero-order chi connectivity index (χ0) is 14.5. The Balaban J connectivity index is 2.21. The van der Waals surface area contributed by atoms with Crippen LogP contribution in [0, 0.1) is 0 Å². The lowest BCUT2D eigenvalue weighted by molar-refractivity contribution is 0.399. The molecule has 0 spiro atoms. The van der Waals surface area contributed by atoms with Crippen molar-refractivity contribution < 1.29 is 9.47 Å². The molecule has 0 amide bonds. The molecule has 2 aromatic rings. The van der Waals surface area contributed by atoms with Crippen molar-refractivity contribution in [2.24, 2.45) is 0 Å². The number of aromatic nitrogens is 2. The van der Waals surface area contributed by atoms with Gasteiger partial charge in [0.2, 0.25) is 5.88 Å². The normalized spacial score (nSPS) is 10.2. The monoisotopic (exact) mass is 294 g/mol. The topological polar surface area (TPSA) is 82.3 Å². The summed E-state index contributed by atoms with van der Waals surface area (Å²) in [7, 11) is 3.09. The molecule has 1 aromatic heterocycles. The SMILES string of the molecule is COc1cccc(Cl)c1CNc1ncnc(OC)c1N. The van der Waals surface area contributed by atoms with Gasteiger partial charge in [-0.3, -0.25) is 0 Å². The van der Waals surface area contributed by atoms with Gasteiger partial charge in [0.1, 0.15) is 17.8 Å². The van der Waals surface area contributed by atoms with Gasteiger partial charge in [-0.25, -0.2) is 4.98 Å². The van der Waals surface area contributed by atoms with Crippen LogP contribution in [0.3, 0.4) is 0 Å². The van der Waals surface area contributed by atoms with Crippen molar-refractivity contribution >= 4 is 23.1 Å². The molecule has 0 fully saturated rings. The first kappa shape index (κ1) is 14.2. The maximum atomic E-state index is 6.16. The standard InChI is InChI=1S/C13H15ClN4O2/c1-19-10-5-3-4-9(14)8(10)6-16-12-11(15)13(20-2)18-7-17-12/h3-5,7H,6,15H2,1-2H3,(H,16,17,18). The summed E-state index contributed by atoms with van der Waals surface area (Å²) in [5, 5.41) is 3.71. The number of nitrogens with one attached hydrogen (secondary N) is 1. The number of hydrogen-bond donors (Lipinski definition) is 2. The minimum atomic E-state index is 0.327. The molecular weight excluding hydrogens is 280 g/mol. The van der Waals surface area contributed by atoms with Gasteiger partial charge in [0.15, 0.2) is 5.82 Å². The average Bonchev–Trinajstić information content (AvgIpc) is 2.47. The van der Waals surface area contributed by atoms with E-state index in [0.717, 1.165) is 5.56 Å². The Morgan fingerprint density at radius 2 is 2.05 bits per heavy atom. The Labute approximate surface area is 121 Å². The van der Waals surface area contributed by atoms with E-state index in [0.29, 0.717) is 34.7 Å². The van der Waals surface area contributed by atoms with Gasteiger partial charge < -0.3 is 20.5 Å². The van der Waals surface area contributed by atoms with Crippen LogP contribution >= 0.6 is 11.6 Å². The van der Waals surface area contributed by atoms with Gasteiger partial charge in [-0.15, -0.1) is 0 Å². The molecule has 0 aliphatic heterocycles. The Morgan fingerprint density at radius 1 is 1.25 bits per heavy atom. The molecule has 0 saturated carbocycles. The summed E-state index contributed by atoms with van der Waals surface area (Å²) in [5.41, 5.74) is 7.07. The van der Waals surface area contributed by atoms with E-state index < -0.39 is 0 Å². The molecule has 1 aromatic carbocycles. The van der Waals surface area contributed by atoms with Crippen molar-refractivity contribution in [1.29, 1.82) is 0 Å². The number of nitrogens with two attached hydrogens (primary N) is 1. The van der Waals surface area contributed by atoms with Gasteiger partial charge in [-0.05, 0) is 12.1 Å². The number of anilines is 2. The lowest BCUT2D eigenvalue weighted by Crippen LogP contribution is -2.08. The van der Waals surface area contributed by atoms with E-state index in [1.54, 1.807) is 13.2 Å². The molecule has 7 heteroatoms. The van der Waals surface area contributed by atoms with Crippen LogP contribution in [0.5, 0.6) is 11.6 Å². The third-order valence-corrected chi connectivity index (χ3v) is 3.12. The molecule has 0 unspecified atom stereocenters. The summed E-state index contributed by atoms with van der Waals surface area (Å²) in [6.45, 7) is 0.424. The summed E-state index contributed by atoms with van der Waals surface area (Å²) < 4.78 is 10.3. The van der Waals surface area contributed by atoms with Crippen LogP contribution in [0.25, 0.3) is 0 Å². The molecule has 106 valence electrons. The van der Waals surface area contributed by atoms with E-state index in [-0.39, 0.29) is 0 Å². The maximum Gasteiger partial charge on any atom is 0.242 e. The van der Waals surface area contributed by atoms with Crippen molar-refractivity contribution in [2.75, 3.05) is 25.3 Å². The first-order valence-corrected chi connectivity index (χ1v) is 6.25. The first-order valence-electron chi connectivity index (χ1n) is 5.87. The molecule has 3 N–H and O–H groups in total. The van der Waals surface area contributed by atoms with Crippen LogP contribution < -0.4 is 20.5 Å². The quantitative estimate of drug-likeness (QED) is 0.881. The van der Waals surface area contributed by atoms with Crippen LogP contribution in [0.15, 0.2) is 24.5 Å². The average molecular weight is 295 g/mol. The second kappa shape index (κ2) is 6.29. The smallest absolute Gasteiger partial charge is 0.242 e. The van der Waals surface area contributed by atoms with Crippen LogP contribution in [-0.4, -0.2) is 24.2 Å². The molecule has 0 aliphatic carbocycles. The van der Waals surface area contributed by atoms with Gasteiger partial charge >= 0.3 is 0 Å². The highest BCUT2D eigenvalue weighted by Crippen LogP contribution is 2.29. The van der Waals surface area contributed by atoms with Crippen molar-refractivity contribution in [1.82, 2.24) is 9.97 Å². The van der Waals surface area contributed by atoms with Gasteiger partial charge in [-0.1, -0.05) is 17.7 Å². The van der Waals surface area contributed by atoms with Gasteiger partial charge in [-0.2, -0.15) is 4.98 Å². The number of rotatable bonds is 5. The predicted octanol–water partition coefficient (Wildman–Crippen LogP) is 2.34. The van der Waals surface area contributed by atoms with Crippen LogP contribution in [0.2, 0.25) is 5.02 Å². The maximum absolute atomic E-state index is 6.16. The fourth-order valence-electron chi connectivity index (χ4n) is 1.76. The molecular formula is C13H15ClN4O2. The Bertz CT molecular complexity index is 607. The first-order chi connectivity index (χ1) is 9.67. The second-order valence-corrected chi connectivity index (χ2v) is 4.33. The van der Waals surface area contributed by atoms with E-state index in [1.807, 2.05) is 12.1 Å². The van der Waals surface area contributed by atoms with Crippen LogP contribution in [-0.2, 0) is 6.54 Å². The van der Waals surface area contributed by atoms with E-state index in [1.165, 1.54) is 13.4 Å². The zero-order valence-electron chi connectivity index (χ0n) is 11.2. The van der Waals surface area contributed by atoms with Crippen molar-refractivity contribution in [3.8, 4) is 11.6 Å². The van der Waals surface area contributed by atoms with E-state index in [2.05, 4.69) is 15.3 Å². The van der Waals surface area contributed by atoms with Gasteiger partial charge in [0.25, 0.3) is 0 Å². The number of nitrogens with zero attached hydrogens (tertiary/aromatic N) is 2. The molecule has 0 radical (unpaired) electrons. The summed E-state index contributed by atoms with van der Waals surface area (Å²) >= 11 is 6.16. The Kier molecular flexibility index (Phi) is 4.47. The van der Waals surface area contributed by atoms with E-state index in [4.69, 9.17) is 26.8 Å². The number of hydrogen-bond acceptors (Lipinski definition) is 6. The van der Waals surface area contributed by atoms with Crippen molar-refractivity contribution in [2.45, 2.75) is 6.54 Å². The Hall–Kier alpha value is -2.21. The number of ether oxygens (including phenoxy) is 2. The summed E-state index contributed by atoms with van der Waals surface area (Å²) in [4.78, 5) is 7.99. The predicted molar refractivity (Wildman–Crippen MR) is 78.3 cm³/mol.